The van der Waals surface area contributed by atoms with Crippen LogP contribution in [0.25, 0.3) is 16.2 Å². The van der Waals surface area contributed by atoms with Crippen LogP contribution in [0.4, 0.5) is 4.39 Å². The van der Waals surface area contributed by atoms with Crippen molar-refractivity contribution in [1.29, 1.82) is 0 Å². The average molecular weight is 303 g/mol. The molecular weight excluding hydrogens is 289 g/mol. The van der Waals surface area contributed by atoms with Crippen LogP contribution >= 0.6 is 11.3 Å². The first-order valence-electron chi connectivity index (χ1n) is 7.01. The number of fused-ring (bicyclic) bond motifs is 1. The normalized spacial score (nSPS) is 15.5. The number of halogens is 1. The van der Waals surface area contributed by atoms with Gasteiger partial charge in [0.15, 0.2) is 0 Å². The van der Waals surface area contributed by atoms with Crippen LogP contribution in [0, 0.1) is 5.82 Å². The number of benzene rings is 1. The quantitative estimate of drug-likeness (QED) is 0.807. The van der Waals surface area contributed by atoms with Gasteiger partial charge in [0.25, 0.3) is 0 Å². The largest absolute Gasteiger partial charge is 0.390 e. The molecule has 0 saturated heterocycles. The van der Waals surface area contributed by atoms with E-state index in [2.05, 4.69) is 10.1 Å². The summed E-state index contributed by atoms with van der Waals surface area (Å²) in [5.74, 6) is 0.272. The molecule has 6 heteroatoms. The van der Waals surface area contributed by atoms with Crippen molar-refractivity contribution in [3.8, 4) is 11.3 Å². The van der Waals surface area contributed by atoms with Crippen LogP contribution in [0.3, 0.4) is 0 Å². The Labute approximate surface area is 124 Å². The van der Waals surface area contributed by atoms with Crippen molar-refractivity contribution < 1.29 is 9.50 Å². The van der Waals surface area contributed by atoms with Crippen molar-refractivity contribution in [3.05, 3.63) is 40.8 Å². The van der Waals surface area contributed by atoms with Gasteiger partial charge >= 0.3 is 0 Å². The van der Waals surface area contributed by atoms with Crippen molar-refractivity contribution in [1.82, 2.24) is 14.6 Å². The monoisotopic (exact) mass is 303 g/mol. The number of aliphatic hydroxyl groups is 1. The lowest BCUT2D eigenvalue weighted by Gasteiger charge is -2.21. The van der Waals surface area contributed by atoms with Gasteiger partial charge in [0.1, 0.15) is 10.8 Å². The van der Waals surface area contributed by atoms with Crippen LogP contribution in [0.2, 0.25) is 0 Å². The minimum Gasteiger partial charge on any atom is -0.390 e. The Balaban J connectivity index is 1.82. The highest BCUT2D eigenvalue weighted by molar-refractivity contribution is 7.16. The number of hydrogen-bond donors (Lipinski definition) is 1. The lowest BCUT2D eigenvalue weighted by atomic mass is 9.86. The fraction of sp³-hybridized carbons (Fsp3) is 0.333. The first-order chi connectivity index (χ1) is 10.3. The van der Waals surface area contributed by atoms with Gasteiger partial charge in [0, 0.05) is 11.5 Å². The molecule has 108 valence electrons. The molecule has 1 N–H and O–H groups in total. The summed E-state index contributed by atoms with van der Waals surface area (Å²) in [6.07, 6.45) is 3.64. The highest BCUT2D eigenvalue weighted by Crippen LogP contribution is 2.39. The van der Waals surface area contributed by atoms with Gasteiger partial charge < -0.3 is 5.11 Å². The van der Waals surface area contributed by atoms with E-state index < -0.39 is 0 Å². The van der Waals surface area contributed by atoms with Crippen LogP contribution in [0.5, 0.6) is 0 Å². The zero-order chi connectivity index (χ0) is 14.4. The Hall–Kier alpha value is -1.79. The lowest BCUT2D eigenvalue weighted by molar-refractivity contribution is 0.274. The third kappa shape index (κ3) is 2.06. The van der Waals surface area contributed by atoms with E-state index in [-0.39, 0.29) is 12.4 Å². The minimum atomic E-state index is -0.282. The summed E-state index contributed by atoms with van der Waals surface area (Å²) in [7, 11) is 0. The van der Waals surface area contributed by atoms with Gasteiger partial charge in [-0.15, -0.1) is 0 Å². The third-order valence-corrected chi connectivity index (χ3v) is 5.10. The zero-order valence-electron chi connectivity index (χ0n) is 11.3. The first kappa shape index (κ1) is 12.9. The molecule has 2 heterocycles. The SMILES string of the molecule is OCc1c(-c2ccc(F)cc2)nc2sc(C3CCC3)nn12. The molecule has 0 radical (unpaired) electrons. The van der Waals surface area contributed by atoms with Crippen LogP contribution in [-0.4, -0.2) is 19.7 Å². The van der Waals surface area contributed by atoms with E-state index in [1.165, 1.54) is 31.4 Å². The molecule has 0 aliphatic heterocycles. The maximum Gasteiger partial charge on any atom is 0.213 e. The van der Waals surface area contributed by atoms with E-state index in [1.54, 1.807) is 28.0 Å². The molecular formula is C15H14FN3OS. The molecule has 2 aromatic heterocycles. The zero-order valence-corrected chi connectivity index (χ0v) is 12.1. The molecule has 0 amide bonds. The summed E-state index contributed by atoms with van der Waals surface area (Å²) in [6, 6.07) is 6.15. The van der Waals surface area contributed by atoms with Crippen molar-refractivity contribution in [2.45, 2.75) is 31.8 Å². The summed E-state index contributed by atoms with van der Waals surface area (Å²) in [4.78, 5) is 5.37. The number of nitrogens with zero attached hydrogens (tertiary/aromatic N) is 3. The summed E-state index contributed by atoms with van der Waals surface area (Å²) < 4.78 is 14.8. The van der Waals surface area contributed by atoms with Crippen molar-refractivity contribution in [2.75, 3.05) is 0 Å². The Morgan fingerprint density at radius 3 is 2.67 bits per heavy atom. The smallest absolute Gasteiger partial charge is 0.213 e. The highest BCUT2D eigenvalue weighted by Gasteiger charge is 2.25. The maximum atomic E-state index is 13.0. The Morgan fingerprint density at radius 1 is 1.29 bits per heavy atom. The van der Waals surface area contributed by atoms with Gasteiger partial charge in [-0.25, -0.2) is 13.9 Å². The van der Waals surface area contributed by atoms with Crippen molar-refractivity contribution in [3.63, 3.8) is 0 Å². The number of hydrogen-bond acceptors (Lipinski definition) is 4. The van der Waals surface area contributed by atoms with E-state index in [4.69, 9.17) is 0 Å². The molecule has 1 saturated carbocycles. The van der Waals surface area contributed by atoms with Gasteiger partial charge in [-0.3, -0.25) is 0 Å². The maximum absolute atomic E-state index is 13.0. The molecule has 1 aromatic carbocycles. The predicted octanol–water partition coefficient (Wildman–Crippen LogP) is 3.36. The topological polar surface area (TPSA) is 50.4 Å². The number of aliphatic hydroxyl groups excluding tert-OH is 1. The molecule has 0 atom stereocenters. The molecule has 1 aliphatic carbocycles. The second-order valence-electron chi connectivity index (χ2n) is 5.33. The standard InChI is InChI=1S/C15H14FN3OS/c16-11-6-4-9(5-7-11)13-12(8-20)19-15(17-13)21-14(18-19)10-2-1-3-10/h4-7,10,20H,1-3,8H2. The summed E-state index contributed by atoms with van der Waals surface area (Å²) >= 11 is 1.58. The van der Waals surface area contributed by atoms with Crippen molar-refractivity contribution >= 4 is 16.3 Å². The molecule has 0 unspecified atom stereocenters. The Bertz CT molecular complexity index is 789. The minimum absolute atomic E-state index is 0.137. The van der Waals surface area contributed by atoms with E-state index >= 15 is 0 Å². The Morgan fingerprint density at radius 2 is 2.05 bits per heavy atom. The molecule has 4 nitrogen and oxygen atoms in total. The van der Waals surface area contributed by atoms with E-state index in [0.717, 1.165) is 15.5 Å². The molecule has 1 fully saturated rings. The molecule has 0 spiro atoms. The second-order valence-corrected chi connectivity index (χ2v) is 6.32. The molecule has 21 heavy (non-hydrogen) atoms. The highest BCUT2D eigenvalue weighted by atomic mass is 32.1. The van der Waals surface area contributed by atoms with Crippen LogP contribution in [0.1, 0.15) is 35.9 Å². The molecule has 0 bridgehead atoms. The number of aromatic nitrogens is 3. The van der Waals surface area contributed by atoms with Gasteiger partial charge in [0.2, 0.25) is 4.96 Å². The first-order valence-corrected chi connectivity index (χ1v) is 7.83. The Kier molecular flexibility index (Phi) is 3.01. The van der Waals surface area contributed by atoms with Gasteiger partial charge in [-0.2, -0.15) is 5.10 Å². The third-order valence-electron chi connectivity index (χ3n) is 4.03. The van der Waals surface area contributed by atoms with Gasteiger partial charge in [0.05, 0.1) is 18.0 Å². The summed E-state index contributed by atoms with van der Waals surface area (Å²) in [5.41, 5.74) is 2.14. The molecule has 1 aliphatic rings. The van der Waals surface area contributed by atoms with Gasteiger partial charge in [-0.05, 0) is 37.1 Å². The van der Waals surface area contributed by atoms with Crippen molar-refractivity contribution in [2.24, 2.45) is 0 Å². The van der Waals surface area contributed by atoms with Crippen LogP contribution in [0.15, 0.2) is 24.3 Å². The number of rotatable bonds is 3. The summed E-state index contributed by atoms with van der Waals surface area (Å²) in [5, 5.41) is 15.4. The van der Waals surface area contributed by atoms with Gasteiger partial charge in [-0.1, -0.05) is 17.8 Å². The van der Waals surface area contributed by atoms with E-state index in [1.807, 2.05) is 0 Å². The van der Waals surface area contributed by atoms with E-state index in [0.29, 0.717) is 17.3 Å². The fourth-order valence-corrected chi connectivity index (χ4v) is 3.69. The van der Waals surface area contributed by atoms with Crippen LogP contribution in [-0.2, 0) is 6.61 Å². The lowest BCUT2D eigenvalue weighted by Crippen LogP contribution is -2.09. The molecule has 3 aromatic rings. The predicted molar refractivity (Wildman–Crippen MR) is 78.8 cm³/mol. The fourth-order valence-electron chi connectivity index (χ4n) is 2.61. The molecule has 4 rings (SSSR count). The number of imidazole rings is 1. The second kappa shape index (κ2) is 4.89. The van der Waals surface area contributed by atoms with E-state index in [9.17, 15) is 9.50 Å². The average Bonchev–Trinajstić information content (AvgIpc) is 2.94. The van der Waals surface area contributed by atoms with Crippen LogP contribution < -0.4 is 0 Å². The summed E-state index contributed by atoms with van der Waals surface area (Å²) in [6.45, 7) is -0.137.